The van der Waals surface area contributed by atoms with Gasteiger partial charge in [0.25, 0.3) is 5.91 Å². The van der Waals surface area contributed by atoms with Gasteiger partial charge >= 0.3 is 0 Å². The number of amides is 1. The maximum atomic E-state index is 13.7. The maximum absolute atomic E-state index is 13.7. The van der Waals surface area contributed by atoms with E-state index in [1.165, 1.54) is 5.56 Å². The molecule has 0 aromatic heterocycles. The molecule has 0 unspecified atom stereocenters. The molecule has 4 aromatic carbocycles. The Morgan fingerprint density at radius 1 is 0.927 bits per heavy atom. The molecule has 1 aliphatic heterocycles. The van der Waals surface area contributed by atoms with Crippen LogP contribution >= 0.6 is 23.2 Å². The third kappa shape index (κ3) is 5.53. The summed E-state index contributed by atoms with van der Waals surface area (Å²) in [6.45, 7) is 3.40. The van der Waals surface area contributed by atoms with Crippen LogP contribution in [0.2, 0.25) is 10.0 Å². The molecular weight excluding hydrogens is 551 g/mol. The Balaban J connectivity index is 1.17. The van der Waals surface area contributed by atoms with Crippen LogP contribution in [-0.2, 0) is 5.41 Å². The van der Waals surface area contributed by atoms with Crippen LogP contribution in [0, 0.1) is 0 Å². The second-order valence-corrected chi connectivity index (χ2v) is 12.5. The van der Waals surface area contributed by atoms with E-state index < -0.39 is 0 Å². The highest BCUT2D eigenvalue weighted by atomic mass is 35.5. The number of fused-ring (bicyclic) bond motifs is 3. The summed E-state index contributed by atoms with van der Waals surface area (Å²) >= 11 is 12.7. The summed E-state index contributed by atoms with van der Waals surface area (Å²) in [6, 6.07) is 27.9. The molecule has 1 aliphatic carbocycles. The number of carbonyl (C=O) groups excluding carboxylic acids is 2. The molecule has 1 amide bonds. The van der Waals surface area contributed by atoms with E-state index in [-0.39, 0.29) is 23.0 Å². The lowest BCUT2D eigenvalue weighted by Gasteiger charge is -2.40. The minimum atomic E-state index is -0.0155. The number of ketones is 1. The van der Waals surface area contributed by atoms with Crippen molar-refractivity contribution in [3.63, 3.8) is 0 Å². The van der Waals surface area contributed by atoms with Gasteiger partial charge in [0.15, 0.2) is 5.78 Å². The number of likely N-dealkylation sites (N-methyl/N-ethyl adjacent to an activating group) is 1. The number of Topliss-reactive ketones (excluding diaryl/α,β-unsaturated/α-hetero) is 1. The molecule has 0 bridgehead atoms. The topological polar surface area (TPSA) is 40.6 Å². The summed E-state index contributed by atoms with van der Waals surface area (Å²) in [5.74, 6) is 0.391. The van der Waals surface area contributed by atoms with Gasteiger partial charge in [-0.2, -0.15) is 0 Å². The summed E-state index contributed by atoms with van der Waals surface area (Å²) in [5, 5.41) is 3.08. The van der Waals surface area contributed by atoms with Crippen LogP contribution < -0.4 is 0 Å². The van der Waals surface area contributed by atoms with Crippen LogP contribution in [0.15, 0.2) is 84.9 Å². The zero-order chi connectivity index (χ0) is 28.6. The number of hydrogen-bond acceptors (Lipinski definition) is 3. The van der Waals surface area contributed by atoms with E-state index >= 15 is 0 Å². The van der Waals surface area contributed by atoms with Crippen molar-refractivity contribution in [2.75, 3.05) is 33.2 Å². The molecule has 41 heavy (non-hydrogen) atoms. The number of hydrogen-bond donors (Lipinski definition) is 0. The molecular formula is C35H34Cl2N2O2. The van der Waals surface area contributed by atoms with E-state index in [2.05, 4.69) is 17.0 Å². The van der Waals surface area contributed by atoms with Gasteiger partial charge in [0, 0.05) is 42.5 Å². The van der Waals surface area contributed by atoms with E-state index in [0.717, 1.165) is 60.8 Å². The fraction of sp³-hybridized carbons (Fsp3) is 0.314. The summed E-state index contributed by atoms with van der Waals surface area (Å²) in [7, 11) is 1.88. The highest BCUT2D eigenvalue weighted by Gasteiger charge is 2.44. The quantitative estimate of drug-likeness (QED) is 0.221. The minimum Gasteiger partial charge on any atom is -0.341 e. The lowest BCUT2D eigenvalue weighted by Crippen LogP contribution is -2.42. The first-order valence-electron chi connectivity index (χ1n) is 14.4. The molecule has 6 heteroatoms. The molecule has 0 N–H and O–H groups in total. The molecule has 4 nitrogen and oxygen atoms in total. The Kier molecular flexibility index (Phi) is 7.91. The van der Waals surface area contributed by atoms with Crippen LogP contribution in [-0.4, -0.2) is 54.7 Å². The van der Waals surface area contributed by atoms with Gasteiger partial charge in [-0.1, -0.05) is 89.9 Å². The van der Waals surface area contributed by atoms with Crippen LogP contribution in [0.3, 0.4) is 0 Å². The molecule has 1 saturated heterocycles. The fourth-order valence-electron chi connectivity index (χ4n) is 6.84. The van der Waals surface area contributed by atoms with E-state index in [1.807, 2.05) is 84.7 Å². The Hall–Kier alpha value is -3.18. The van der Waals surface area contributed by atoms with E-state index in [1.54, 1.807) is 0 Å². The Morgan fingerprint density at radius 2 is 1.66 bits per heavy atom. The third-order valence-corrected chi connectivity index (χ3v) is 9.92. The van der Waals surface area contributed by atoms with Gasteiger partial charge < -0.3 is 9.80 Å². The van der Waals surface area contributed by atoms with E-state index in [9.17, 15) is 9.59 Å². The molecule has 2 aliphatic rings. The molecule has 1 fully saturated rings. The Labute approximate surface area is 251 Å². The average molecular weight is 586 g/mol. The van der Waals surface area contributed by atoms with Gasteiger partial charge in [0.05, 0.1) is 10.0 Å². The predicted octanol–water partition coefficient (Wildman–Crippen LogP) is 8.01. The molecule has 6 rings (SSSR count). The average Bonchev–Trinajstić information content (AvgIpc) is 3.27. The van der Waals surface area contributed by atoms with Gasteiger partial charge in [-0.15, -0.1) is 0 Å². The van der Waals surface area contributed by atoms with Crippen molar-refractivity contribution in [3.8, 4) is 0 Å². The van der Waals surface area contributed by atoms with Crippen molar-refractivity contribution in [2.24, 2.45) is 0 Å². The zero-order valence-electron chi connectivity index (χ0n) is 23.3. The molecule has 1 atom stereocenters. The second-order valence-electron chi connectivity index (χ2n) is 11.6. The number of likely N-dealkylation sites (tertiary alicyclic amines) is 1. The third-order valence-electron chi connectivity index (χ3n) is 9.18. The van der Waals surface area contributed by atoms with E-state index in [0.29, 0.717) is 28.6 Å². The summed E-state index contributed by atoms with van der Waals surface area (Å²) in [4.78, 5) is 30.7. The lowest BCUT2D eigenvalue weighted by atomic mass is 9.73. The highest BCUT2D eigenvalue weighted by molar-refractivity contribution is 6.42. The van der Waals surface area contributed by atoms with Crippen LogP contribution in [0.1, 0.15) is 63.4 Å². The van der Waals surface area contributed by atoms with Crippen molar-refractivity contribution in [1.29, 1.82) is 0 Å². The first-order chi connectivity index (χ1) is 19.8. The lowest BCUT2D eigenvalue weighted by molar-refractivity contribution is 0.0780. The summed E-state index contributed by atoms with van der Waals surface area (Å²) in [6.07, 6.45) is 3.50. The van der Waals surface area contributed by atoms with Gasteiger partial charge in [0.1, 0.15) is 0 Å². The van der Waals surface area contributed by atoms with Gasteiger partial charge in [-0.05, 0) is 79.0 Å². The number of carbonyl (C=O) groups is 2. The smallest absolute Gasteiger partial charge is 0.254 e. The molecule has 1 spiro atoms. The number of benzene rings is 4. The summed E-state index contributed by atoms with van der Waals surface area (Å²) < 4.78 is 0. The first kappa shape index (κ1) is 28.0. The van der Waals surface area contributed by atoms with Gasteiger partial charge in [-0.3, -0.25) is 9.59 Å². The van der Waals surface area contributed by atoms with Crippen molar-refractivity contribution in [1.82, 2.24) is 9.80 Å². The van der Waals surface area contributed by atoms with Crippen LogP contribution in [0.4, 0.5) is 0 Å². The normalized spacial score (nSPS) is 17.1. The predicted molar refractivity (Wildman–Crippen MR) is 167 cm³/mol. The highest BCUT2D eigenvalue weighted by Crippen LogP contribution is 2.46. The van der Waals surface area contributed by atoms with Crippen molar-refractivity contribution in [3.05, 3.63) is 117 Å². The molecule has 210 valence electrons. The van der Waals surface area contributed by atoms with Crippen molar-refractivity contribution in [2.45, 2.75) is 37.0 Å². The Morgan fingerprint density at radius 3 is 2.46 bits per heavy atom. The first-order valence-corrected chi connectivity index (χ1v) is 15.1. The monoisotopic (exact) mass is 584 g/mol. The minimum absolute atomic E-state index is 0.0105. The fourth-order valence-corrected chi connectivity index (χ4v) is 7.14. The van der Waals surface area contributed by atoms with Crippen LogP contribution in [0.25, 0.3) is 10.8 Å². The largest absolute Gasteiger partial charge is 0.341 e. The van der Waals surface area contributed by atoms with Crippen molar-refractivity contribution < 1.29 is 9.59 Å². The molecule has 0 radical (unpaired) electrons. The Bertz CT molecular complexity index is 1600. The number of rotatable bonds is 7. The number of nitrogens with zero attached hydrogens (tertiary/aromatic N) is 2. The standard InChI is InChI=1S/C35H34Cl2N2O2/c1-38(34(41)28-11-6-8-24-7-2-3-9-27(24)28)23-26(25-13-14-31(36)32(37)21-25)15-18-39-19-16-35(17-20-39)22-33(40)29-10-4-5-12-30(29)35/h2-14,21,26H,15-20,22-23H2,1H3/t26-/m1/s1. The van der Waals surface area contributed by atoms with Gasteiger partial charge in [0.2, 0.25) is 0 Å². The number of halogens is 2. The van der Waals surface area contributed by atoms with Crippen molar-refractivity contribution >= 4 is 45.7 Å². The summed E-state index contributed by atoms with van der Waals surface area (Å²) in [5.41, 5.74) is 3.94. The molecule has 1 heterocycles. The van der Waals surface area contributed by atoms with Gasteiger partial charge in [-0.25, -0.2) is 0 Å². The molecule has 4 aromatic rings. The second kappa shape index (κ2) is 11.6. The SMILES string of the molecule is CN(C[C@@H](CCN1CCC2(CC1)CC(=O)c1ccccc12)c1ccc(Cl)c(Cl)c1)C(=O)c1cccc2ccccc12. The molecule has 0 saturated carbocycles. The number of piperidine rings is 1. The van der Waals surface area contributed by atoms with E-state index in [4.69, 9.17) is 23.2 Å². The zero-order valence-corrected chi connectivity index (χ0v) is 24.8. The van der Waals surface area contributed by atoms with Crippen LogP contribution in [0.5, 0.6) is 0 Å². The maximum Gasteiger partial charge on any atom is 0.254 e.